The predicted octanol–water partition coefficient (Wildman–Crippen LogP) is 5.97. The van der Waals surface area contributed by atoms with E-state index in [1.54, 1.807) is 0 Å². The number of hydrogen-bond acceptors (Lipinski definition) is 1. The number of aryl methyl sites for hydroxylation is 2. The van der Waals surface area contributed by atoms with Gasteiger partial charge in [-0.1, -0.05) is 31.2 Å². The Morgan fingerprint density at radius 2 is 1.64 bits per heavy atom. The van der Waals surface area contributed by atoms with Crippen LogP contribution in [-0.2, 0) is 12.8 Å². The molecule has 25 heavy (non-hydrogen) atoms. The van der Waals surface area contributed by atoms with Crippen LogP contribution in [0.5, 0.6) is 0 Å². The molecule has 0 unspecified atom stereocenters. The van der Waals surface area contributed by atoms with Crippen LogP contribution in [0.1, 0.15) is 61.6 Å². The molecule has 1 nitrogen and oxygen atoms in total. The van der Waals surface area contributed by atoms with Crippen LogP contribution in [0, 0.1) is 23.6 Å². The standard InChI is InChI=1S/C21H24F3N/c1-2-14-3-8-16(9-4-14)17-10-5-15(6-11-17)7-12-18-13-19(22)21(24)25-20(18)23/h3-4,8-9,13,15,17H,2,5-7,10-12H2,1H3. The summed E-state index contributed by atoms with van der Waals surface area (Å²) < 4.78 is 39.7. The lowest BCUT2D eigenvalue weighted by Gasteiger charge is -2.29. The van der Waals surface area contributed by atoms with E-state index in [0.29, 0.717) is 18.3 Å². The van der Waals surface area contributed by atoms with E-state index in [0.717, 1.165) is 44.6 Å². The summed E-state index contributed by atoms with van der Waals surface area (Å²) in [5.74, 6) is -2.21. The highest BCUT2D eigenvalue weighted by molar-refractivity contribution is 5.25. The molecule has 1 saturated carbocycles. The SMILES string of the molecule is CCc1ccc(C2CCC(CCc3cc(F)c(F)nc3F)CC2)cc1. The van der Waals surface area contributed by atoms with Gasteiger partial charge >= 0.3 is 0 Å². The van der Waals surface area contributed by atoms with Crippen LogP contribution >= 0.6 is 0 Å². The monoisotopic (exact) mass is 347 g/mol. The van der Waals surface area contributed by atoms with E-state index < -0.39 is 17.7 Å². The highest BCUT2D eigenvalue weighted by Gasteiger charge is 2.23. The van der Waals surface area contributed by atoms with Gasteiger partial charge in [-0.25, -0.2) is 4.39 Å². The number of rotatable bonds is 5. The van der Waals surface area contributed by atoms with Crippen LogP contribution in [0.4, 0.5) is 13.2 Å². The highest BCUT2D eigenvalue weighted by Crippen LogP contribution is 2.37. The van der Waals surface area contributed by atoms with Crippen LogP contribution in [0.15, 0.2) is 30.3 Å². The average Bonchev–Trinajstić information content (AvgIpc) is 2.64. The third-order valence-electron chi connectivity index (χ3n) is 5.49. The summed E-state index contributed by atoms with van der Waals surface area (Å²) in [4.78, 5) is 2.99. The van der Waals surface area contributed by atoms with E-state index >= 15 is 0 Å². The van der Waals surface area contributed by atoms with Crippen molar-refractivity contribution in [3.05, 3.63) is 64.7 Å². The molecule has 1 fully saturated rings. The van der Waals surface area contributed by atoms with Gasteiger partial charge in [-0.15, -0.1) is 0 Å². The second-order valence-corrected chi connectivity index (χ2v) is 7.06. The molecule has 3 rings (SSSR count). The van der Waals surface area contributed by atoms with Crippen LogP contribution in [0.3, 0.4) is 0 Å². The van der Waals surface area contributed by atoms with Crippen LogP contribution in [0.2, 0.25) is 0 Å². The van der Waals surface area contributed by atoms with Crippen molar-refractivity contribution in [2.24, 2.45) is 5.92 Å². The Balaban J connectivity index is 1.51. The van der Waals surface area contributed by atoms with Crippen LogP contribution < -0.4 is 0 Å². The van der Waals surface area contributed by atoms with Crippen LogP contribution in [-0.4, -0.2) is 4.98 Å². The van der Waals surface area contributed by atoms with Gasteiger partial charge in [0.1, 0.15) is 0 Å². The average molecular weight is 347 g/mol. The zero-order valence-electron chi connectivity index (χ0n) is 14.6. The Hall–Kier alpha value is -1.84. The first-order chi connectivity index (χ1) is 12.1. The van der Waals surface area contributed by atoms with E-state index in [2.05, 4.69) is 36.2 Å². The van der Waals surface area contributed by atoms with E-state index in [1.807, 2.05) is 0 Å². The molecular weight excluding hydrogens is 323 g/mol. The maximum absolute atomic E-state index is 13.6. The minimum Gasteiger partial charge on any atom is -0.202 e. The zero-order valence-corrected chi connectivity index (χ0v) is 14.6. The van der Waals surface area contributed by atoms with Gasteiger partial charge in [0.2, 0.25) is 5.95 Å². The molecule has 0 N–H and O–H groups in total. The number of halogens is 3. The number of pyridine rings is 1. The van der Waals surface area contributed by atoms with E-state index in [-0.39, 0.29) is 5.56 Å². The molecule has 0 atom stereocenters. The van der Waals surface area contributed by atoms with Crippen molar-refractivity contribution in [1.29, 1.82) is 0 Å². The fourth-order valence-electron chi connectivity index (χ4n) is 3.83. The molecule has 4 heteroatoms. The molecule has 0 spiro atoms. The Labute approximate surface area is 147 Å². The van der Waals surface area contributed by atoms with E-state index in [9.17, 15) is 13.2 Å². The van der Waals surface area contributed by atoms with Gasteiger partial charge in [0.25, 0.3) is 5.95 Å². The van der Waals surface area contributed by atoms with E-state index in [4.69, 9.17) is 0 Å². The minimum atomic E-state index is -1.36. The maximum atomic E-state index is 13.6. The van der Waals surface area contributed by atoms with Gasteiger partial charge in [-0.05, 0) is 74.0 Å². The van der Waals surface area contributed by atoms with Crippen molar-refractivity contribution in [3.8, 4) is 0 Å². The summed E-state index contributed by atoms with van der Waals surface area (Å²) in [5.41, 5.74) is 2.95. The smallest absolute Gasteiger partial charge is 0.202 e. The summed E-state index contributed by atoms with van der Waals surface area (Å²) in [7, 11) is 0. The van der Waals surface area contributed by atoms with Gasteiger partial charge in [0, 0.05) is 5.56 Å². The van der Waals surface area contributed by atoms with Gasteiger partial charge in [-0.2, -0.15) is 13.8 Å². The molecule has 1 aliphatic rings. The number of benzene rings is 1. The molecule has 0 amide bonds. The summed E-state index contributed by atoms with van der Waals surface area (Å²) in [5, 5.41) is 0. The summed E-state index contributed by atoms with van der Waals surface area (Å²) in [6.45, 7) is 2.16. The molecule has 0 aliphatic heterocycles. The van der Waals surface area contributed by atoms with E-state index in [1.165, 1.54) is 11.1 Å². The Morgan fingerprint density at radius 3 is 2.28 bits per heavy atom. The molecule has 0 bridgehead atoms. The number of nitrogens with zero attached hydrogens (tertiary/aromatic N) is 1. The minimum absolute atomic E-state index is 0.177. The van der Waals surface area contributed by atoms with Crippen molar-refractivity contribution >= 4 is 0 Å². The lowest BCUT2D eigenvalue weighted by Crippen LogP contribution is -2.14. The summed E-state index contributed by atoms with van der Waals surface area (Å²) in [6, 6.07) is 9.84. The topological polar surface area (TPSA) is 12.9 Å². The van der Waals surface area contributed by atoms with Crippen molar-refractivity contribution in [1.82, 2.24) is 4.98 Å². The molecule has 2 aromatic rings. The third kappa shape index (κ3) is 4.42. The van der Waals surface area contributed by atoms with Gasteiger partial charge < -0.3 is 0 Å². The van der Waals surface area contributed by atoms with Crippen molar-refractivity contribution in [2.45, 2.75) is 57.8 Å². The second-order valence-electron chi connectivity index (χ2n) is 7.06. The molecule has 0 radical (unpaired) electrons. The van der Waals surface area contributed by atoms with Crippen molar-refractivity contribution in [3.63, 3.8) is 0 Å². The Kier molecular flexibility index (Phi) is 5.77. The fourth-order valence-corrected chi connectivity index (χ4v) is 3.83. The maximum Gasteiger partial charge on any atom is 0.251 e. The molecule has 1 aromatic heterocycles. The first-order valence-corrected chi connectivity index (χ1v) is 9.16. The van der Waals surface area contributed by atoms with Crippen molar-refractivity contribution < 1.29 is 13.2 Å². The van der Waals surface area contributed by atoms with Gasteiger partial charge in [0.15, 0.2) is 5.82 Å². The molecular formula is C21H24F3N. The lowest BCUT2D eigenvalue weighted by molar-refractivity contribution is 0.308. The molecule has 1 aliphatic carbocycles. The molecule has 0 saturated heterocycles. The lowest BCUT2D eigenvalue weighted by atomic mass is 9.77. The Morgan fingerprint density at radius 1 is 0.960 bits per heavy atom. The largest absolute Gasteiger partial charge is 0.251 e. The summed E-state index contributed by atoms with van der Waals surface area (Å²) in [6.07, 6.45) is 6.73. The van der Waals surface area contributed by atoms with Gasteiger partial charge in [0.05, 0.1) is 0 Å². The first kappa shape index (κ1) is 18.0. The first-order valence-electron chi connectivity index (χ1n) is 9.16. The quantitative estimate of drug-likeness (QED) is 0.607. The van der Waals surface area contributed by atoms with Crippen molar-refractivity contribution in [2.75, 3.05) is 0 Å². The number of aromatic nitrogens is 1. The van der Waals surface area contributed by atoms with Gasteiger partial charge in [-0.3, -0.25) is 0 Å². The molecule has 134 valence electrons. The zero-order chi connectivity index (χ0) is 17.8. The Bertz CT molecular complexity index is 704. The normalized spacial score (nSPS) is 20.6. The highest BCUT2D eigenvalue weighted by atomic mass is 19.2. The predicted molar refractivity (Wildman–Crippen MR) is 93.0 cm³/mol. The number of hydrogen-bond donors (Lipinski definition) is 0. The van der Waals surface area contributed by atoms with Crippen LogP contribution in [0.25, 0.3) is 0 Å². The third-order valence-corrected chi connectivity index (χ3v) is 5.49. The summed E-state index contributed by atoms with van der Waals surface area (Å²) >= 11 is 0. The molecule has 1 heterocycles. The molecule has 1 aromatic carbocycles. The second kappa shape index (κ2) is 8.03. The fraction of sp³-hybridized carbons (Fsp3) is 0.476.